The highest BCUT2D eigenvalue weighted by atomic mass is 14.1. The van der Waals surface area contributed by atoms with E-state index in [4.69, 9.17) is 0 Å². The van der Waals surface area contributed by atoms with E-state index in [0.29, 0.717) is 0 Å². The van der Waals surface area contributed by atoms with Gasteiger partial charge in [0.25, 0.3) is 0 Å². The fourth-order valence-electron chi connectivity index (χ4n) is 1.96. The molecular formula is C12H15. The molecule has 0 aromatic heterocycles. The van der Waals surface area contributed by atoms with Crippen molar-refractivity contribution in [3.05, 3.63) is 41.8 Å². The molecule has 0 bridgehead atoms. The maximum atomic E-state index is 3.96. The van der Waals surface area contributed by atoms with Crippen LogP contribution in [-0.4, -0.2) is 0 Å². The van der Waals surface area contributed by atoms with Crippen LogP contribution in [0.15, 0.2) is 18.2 Å². The minimum Gasteiger partial charge on any atom is -0.0587 e. The molecule has 0 saturated heterocycles. The van der Waals surface area contributed by atoms with Gasteiger partial charge in [-0.15, -0.1) is 0 Å². The van der Waals surface area contributed by atoms with E-state index in [0.717, 1.165) is 5.56 Å². The van der Waals surface area contributed by atoms with Gasteiger partial charge in [0, 0.05) is 0 Å². The number of benzene rings is 1. The van der Waals surface area contributed by atoms with E-state index in [1.165, 1.54) is 32.1 Å². The molecule has 0 spiro atoms. The van der Waals surface area contributed by atoms with E-state index < -0.39 is 0 Å². The highest BCUT2D eigenvalue weighted by Gasteiger charge is 2.06. The first-order chi connectivity index (χ1) is 5.86. The maximum absolute atomic E-state index is 3.96. The molecule has 0 atom stereocenters. The lowest BCUT2D eigenvalue weighted by Crippen LogP contribution is -1.90. The molecule has 0 saturated carbocycles. The standard InChI is InChI=1S/C12H15/c1-10-7-8-11-5-3-2-4-6-12(11)9-10/h7-9H,1-6H2. The number of hydrogen-bond donors (Lipinski definition) is 0. The third-order valence-electron chi connectivity index (χ3n) is 2.66. The molecule has 1 aliphatic rings. The second kappa shape index (κ2) is 3.30. The van der Waals surface area contributed by atoms with Crippen molar-refractivity contribution in [2.75, 3.05) is 0 Å². The highest BCUT2D eigenvalue weighted by Crippen LogP contribution is 2.21. The third-order valence-corrected chi connectivity index (χ3v) is 2.66. The molecule has 0 N–H and O–H groups in total. The van der Waals surface area contributed by atoms with Gasteiger partial charge in [-0.05, 0) is 49.3 Å². The van der Waals surface area contributed by atoms with Crippen LogP contribution < -0.4 is 0 Å². The first-order valence-corrected chi connectivity index (χ1v) is 4.80. The number of fused-ring (bicyclic) bond motifs is 1. The van der Waals surface area contributed by atoms with Gasteiger partial charge in [0.15, 0.2) is 0 Å². The smallest absolute Gasteiger partial charge is 0.0238 e. The minimum atomic E-state index is 1.16. The lowest BCUT2D eigenvalue weighted by atomic mass is 10.0. The predicted molar refractivity (Wildman–Crippen MR) is 52.2 cm³/mol. The Morgan fingerprint density at radius 1 is 0.917 bits per heavy atom. The summed E-state index contributed by atoms with van der Waals surface area (Å²) in [6.07, 6.45) is 6.65. The van der Waals surface area contributed by atoms with E-state index in [1.54, 1.807) is 11.1 Å². The second-order valence-corrected chi connectivity index (χ2v) is 3.66. The van der Waals surface area contributed by atoms with Gasteiger partial charge in [-0.1, -0.05) is 24.6 Å². The van der Waals surface area contributed by atoms with Gasteiger partial charge in [-0.2, -0.15) is 0 Å². The van der Waals surface area contributed by atoms with Gasteiger partial charge in [0.2, 0.25) is 0 Å². The molecule has 1 radical (unpaired) electrons. The van der Waals surface area contributed by atoms with Gasteiger partial charge in [0.1, 0.15) is 0 Å². The molecule has 63 valence electrons. The summed E-state index contributed by atoms with van der Waals surface area (Å²) in [6, 6.07) is 6.63. The van der Waals surface area contributed by atoms with Crippen molar-refractivity contribution < 1.29 is 0 Å². The molecule has 0 aliphatic heterocycles. The predicted octanol–water partition coefficient (Wildman–Crippen LogP) is 3.14. The van der Waals surface area contributed by atoms with Gasteiger partial charge in [0.05, 0.1) is 0 Å². The van der Waals surface area contributed by atoms with Gasteiger partial charge < -0.3 is 0 Å². The van der Waals surface area contributed by atoms with E-state index >= 15 is 0 Å². The molecule has 12 heavy (non-hydrogen) atoms. The van der Waals surface area contributed by atoms with Crippen molar-refractivity contribution >= 4 is 0 Å². The molecule has 0 amide bonds. The molecular weight excluding hydrogens is 144 g/mol. The van der Waals surface area contributed by atoms with Crippen molar-refractivity contribution in [3.63, 3.8) is 0 Å². The molecule has 1 aromatic rings. The van der Waals surface area contributed by atoms with Crippen LogP contribution in [0, 0.1) is 6.92 Å². The zero-order valence-corrected chi connectivity index (χ0v) is 7.47. The summed E-state index contributed by atoms with van der Waals surface area (Å²) in [5.74, 6) is 0. The molecule has 1 aliphatic carbocycles. The topological polar surface area (TPSA) is 0 Å². The van der Waals surface area contributed by atoms with E-state index in [2.05, 4.69) is 25.1 Å². The monoisotopic (exact) mass is 159 g/mol. The van der Waals surface area contributed by atoms with Crippen LogP contribution in [0.4, 0.5) is 0 Å². The number of aryl methyl sites for hydroxylation is 2. The summed E-state index contributed by atoms with van der Waals surface area (Å²) < 4.78 is 0. The first kappa shape index (κ1) is 7.85. The third kappa shape index (κ3) is 1.52. The number of rotatable bonds is 0. The van der Waals surface area contributed by atoms with E-state index in [1.807, 2.05) is 0 Å². The normalized spacial score (nSPS) is 16.8. The summed E-state index contributed by atoms with van der Waals surface area (Å²) in [7, 11) is 0. The average Bonchev–Trinajstić information content (AvgIpc) is 2.28. The zero-order chi connectivity index (χ0) is 8.39. The second-order valence-electron chi connectivity index (χ2n) is 3.66. The van der Waals surface area contributed by atoms with Crippen molar-refractivity contribution in [1.29, 1.82) is 0 Å². The zero-order valence-electron chi connectivity index (χ0n) is 7.47. The Bertz CT molecular complexity index is 273. The van der Waals surface area contributed by atoms with Crippen LogP contribution in [0.3, 0.4) is 0 Å². The van der Waals surface area contributed by atoms with Crippen molar-refractivity contribution in [3.8, 4) is 0 Å². The summed E-state index contributed by atoms with van der Waals surface area (Å²) in [5, 5.41) is 0. The summed E-state index contributed by atoms with van der Waals surface area (Å²) in [4.78, 5) is 0. The first-order valence-electron chi connectivity index (χ1n) is 4.80. The van der Waals surface area contributed by atoms with Crippen LogP contribution in [-0.2, 0) is 12.8 Å². The maximum Gasteiger partial charge on any atom is -0.0238 e. The largest absolute Gasteiger partial charge is 0.0587 e. The van der Waals surface area contributed by atoms with Crippen molar-refractivity contribution in [1.82, 2.24) is 0 Å². The van der Waals surface area contributed by atoms with Crippen LogP contribution in [0.25, 0.3) is 0 Å². The van der Waals surface area contributed by atoms with Crippen LogP contribution >= 0.6 is 0 Å². The van der Waals surface area contributed by atoms with Gasteiger partial charge >= 0.3 is 0 Å². The fourth-order valence-corrected chi connectivity index (χ4v) is 1.96. The van der Waals surface area contributed by atoms with Crippen LogP contribution in [0.5, 0.6) is 0 Å². The molecule has 0 unspecified atom stereocenters. The minimum absolute atomic E-state index is 1.16. The molecule has 0 heteroatoms. The lowest BCUT2D eigenvalue weighted by molar-refractivity contribution is 0.711. The van der Waals surface area contributed by atoms with Crippen molar-refractivity contribution in [2.45, 2.75) is 32.1 Å². The summed E-state index contributed by atoms with van der Waals surface area (Å²) >= 11 is 0. The van der Waals surface area contributed by atoms with Crippen molar-refractivity contribution in [2.24, 2.45) is 0 Å². The molecule has 0 heterocycles. The molecule has 0 fully saturated rings. The SMILES string of the molecule is [CH2]c1ccc2c(c1)CCCCC2. The Hall–Kier alpha value is -0.780. The summed E-state index contributed by atoms with van der Waals surface area (Å²) in [5.41, 5.74) is 4.26. The average molecular weight is 159 g/mol. The Morgan fingerprint density at radius 2 is 1.67 bits per heavy atom. The Labute approximate surface area is 74.6 Å². The molecule has 0 nitrogen and oxygen atoms in total. The lowest BCUT2D eigenvalue weighted by Gasteiger charge is -2.05. The molecule has 2 rings (SSSR count). The van der Waals surface area contributed by atoms with E-state index in [-0.39, 0.29) is 0 Å². The van der Waals surface area contributed by atoms with Crippen LogP contribution in [0.2, 0.25) is 0 Å². The quantitative estimate of drug-likeness (QED) is 0.510. The summed E-state index contributed by atoms with van der Waals surface area (Å²) in [6.45, 7) is 3.96. The number of hydrogen-bond acceptors (Lipinski definition) is 0. The Balaban J connectivity index is 2.36. The Morgan fingerprint density at radius 3 is 2.50 bits per heavy atom. The van der Waals surface area contributed by atoms with Crippen LogP contribution in [0.1, 0.15) is 36.0 Å². The highest BCUT2D eigenvalue weighted by molar-refractivity contribution is 5.34. The van der Waals surface area contributed by atoms with E-state index in [9.17, 15) is 0 Å². The Kier molecular flexibility index (Phi) is 2.16. The van der Waals surface area contributed by atoms with Gasteiger partial charge in [-0.3, -0.25) is 0 Å². The fraction of sp³-hybridized carbons (Fsp3) is 0.417. The van der Waals surface area contributed by atoms with Gasteiger partial charge in [-0.25, -0.2) is 0 Å². The molecule has 1 aromatic carbocycles.